The molecular formula is C11H12N4. The molecular weight excluding hydrogens is 188 g/mol. The first-order valence-electron chi connectivity index (χ1n) is 4.73. The fourth-order valence-electron chi connectivity index (χ4n) is 1.39. The highest BCUT2D eigenvalue weighted by molar-refractivity contribution is 5.60. The number of hydrogen-bond acceptors (Lipinski definition) is 4. The Morgan fingerprint density at radius 1 is 1.27 bits per heavy atom. The van der Waals surface area contributed by atoms with Crippen molar-refractivity contribution < 1.29 is 0 Å². The molecule has 0 fully saturated rings. The van der Waals surface area contributed by atoms with Crippen molar-refractivity contribution in [1.82, 2.24) is 15.2 Å². The van der Waals surface area contributed by atoms with Gasteiger partial charge in [0.05, 0.1) is 5.69 Å². The van der Waals surface area contributed by atoms with Crippen molar-refractivity contribution in [3.63, 3.8) is 0 Å². The van der Waals surface area contributed by atoms with Crippen molar-refractivity contribution in [3.8, 4) is 11.3 Å². The van der Waals surface area contributed by atoms with E-state index >= 15 is 0 Å². The van der Waals surface area contributed by atoms with Crippen molar-refractivity contribution in [2.75, 3.05) is 12.4 Å². The second-order valence-corrected chi connectivity index (χ2v) is 3.25. The summed E-state index contributed by atoms with van der Waals surface area (Å²) in [5.41, 5.74) is 2.90. The van der Waals surface area contributed by atoms with Gasteiger partial charge in [0.25, 0.3) is 0 Å². The van der Waals surface area contributed by atoms with Gasteiger partial charge in [0.15, 0.2) is 5.82 Å². The van der Waals surface area contributed by atoms with Gasteiger partial charge < -0.3 is 5.32 Å². The molecule has 4 nitrogen and oxygen atoms in total. The lowest BCUT2D eigenvalue weighted by Gasteiger charge is -2.04. The number of nitrogens with zero attached hydrogens (tertiary/aromatic N) is 3. The van der Waals surface area contributed by atoms with Gasteiger partial charge in [0.2, 0.25) is 0 Å². The zero-order valence-corrected chi connectivity index (χ0v) is 8.73. The number of anilines is 1. The van der Waals surface area contributed by atoms with Crippen LogP contribution in [0.15, 0.2) is 30.6 Å². The Bertz CT molecular complexity index is 453. The Hall–Kier alpha value is -1.97. The van der Waals surface area contributed by atoms with Crippen LogP contribution in [0.25, 0.3) is 11.3 Å². The van der Waals surface area contributed by atoms with Gasteiger partial charge in [0.1, 0.15) is 0 Å². The molecule has 1 N–H and O–H groups in total. The van der Waals surface area contributed by atoms with E-state index in [4.69, 9.17) is 0 Å². The fraction of sp³-hybridized carbons (Fsp3) is 0.182. The minimum Gasteiger partial charge on any atom is -0.371 e. The summed E-state index contributed by atoms with van der Waals surface area (Å²) >= 11 is 0. The Balaban J connectivity index is 2.43. The monoisotopic (exact) mass is 200 g/mol. The van der Waals surface area contributed by atoms with Crippen LogP contribution in [-0.4, -0.2) is 22.2 Å². The molecule has 0 aliphatic carbocycles. The van der Waals surface area contributed by atoms with Crippen LogP contribution >= 0.6 is 0 Å². The van der Waals surface area contributed by atoms with Gasteiger partial charge in [-0.2, -0.15) is 0 Å². The van der Waals surface area contributed by atoms with E-state index in [0.717, 1.165) is 22.6 Å². The Morgan fingerprint density at radius 2 is 2.13 bits per heavy atom. The third-order valence-corrected chi connectivity index (χ3v) is 2.18. The molecule has 0 atom stereocenters. The summed E-state index contributed by atoms with van der Waals surface area (Å²) in [6, 6.07) is 5.85. The quantitative estimate of drug-likeness (QED) is 0.804. The van der Waals surface area contributed by atoms with Crippen LogP contribution in [0.2, 0.25) is 0 Å². The first-order valence-corrected chi connectivity index (χ1v) is 4.73. The van der Waals surface area contributed by atoms with Gasteiger partial charge in [-0.05, 0) is 30.7 Å². The molecule has 0 bridgehead atoms. The molecule has 0 saturated heterocycles. The number of aryl methyl sites for hydroxylation is 1. The molecule has 76 valence electrons. The van der Waals surface area contributed by atoms with Crippen molar-refractivity contribution in [2.45, 2.75) is 6.92 Å². The van der Waals surface area contributed by atoms with E-state index < -0.39 is 0 Å². The highest BCUT2D eigenvalue weighted by Gasteiger charge is 2.03. The summed E-state index contributed by atoms with van der Waals surface area (Å²) in [7, 11) is 1.83. The molecule has 0 radical (unpaired) electrons. The first kappa shape index (κ1) is 9.58. The second kappa shape index (κ2) is 4.04. The summed E-state index contributed by atoms with van der Waals surface area (Å²) in [5, 5.41) is 11.2. The predicted molar refractivity (Wildman–Crippen MR) is 59.5 cm³/mol. The lowest BCUT2D eigenvalue weighted by atomic mass is 10.1. The molecule has 0 aliphatic rings. The van der Waals surface area contributed by atoms with Crippen molar-refractivity contribution in [2.24, 2.45) is 0 Å². The summed E-state index contributed by atoms with van der Waals surface area (Å²) in [4.78, 5) is 4.05. The standard InChI is InChI=1S/C11H12N4/c1-8-6-10(14-15-11(8)12-2)9-4-3-5-13-7-9/h3-7H,1-2H3,(H,12,15). The number of nitrogens with one attached hydrogen (secondary N) is 1. The van der Waals surface area contributed by atoms with Crippen LogP contribution in [0, 0.1) is 6.92 Å². The van der Waals surface area contributed by atoms with Crippen LogP contribution in [-0.2, 0) is 0 Å². The molecule has 4 heteroatoms. The molecule has 0 spiro atoms. The average molecular weight is 200 g/mol. The average Bonchev–Trinajstić information content (AvgIpc) is 2.30. The van der Waals surface area contributed by atoms with E-state index in [0.29, 0.717) is 0 Å². The lowest BCUT2D eigenvalue weighted by Crippen LogP contribution is -1.99. The molecule has 2 rings (SSSR count). The number of rotatable bonds is 2. The molecule has 0 amide bonds. The summed E-state index contributed by atoms with van der Waals surface area (Å²) in [6.07, 6.45) is 3.52. The predicted octanol–water partition coefficient (Wildman–Crippen LogP) is 1.89. The zero-order chi connectivity index (χ0) is 10.7. The van der Waals surface area contributed by atoms with Crippen LogP contribution in [0.4, 0.5) is 5.82 Å². The summed E-state index contributed by atoms with van der Waals surface area (Å²) in [6.45, 7) is 2.00. The smallest absolute Gasteiger partial charge is 0.151 e. The van der Waals surface area contributed by atoms with Crippen molar-refractivity contribution in [3.05, 3.63) is 36.2 Å². The van der Waals surface area contributed by atoms with E-state index in [1.54, 1.807) is 12.4 Å². The van der Waals surface area contributed by atoms with E-state index in [1.165, 1.54) is 0 Å². The minimum absolute atomic E-state index is 0.808. The zero-order valence-electron chi connectivity index (χ0n) is 8.73. The van der Waals surface area contributed by atoms with Crippen molar-refractivity contribution >= 4 is 5.82 Å². The maximum absolute atomic E-state index is 4.13. The third-order valence-electron chi connectivity index (χ3n) is 2.18. The molecule has 0 saturated carbocycles. The highest BCUT2D eigenvalue weighted by Crippen LogP contribution is 2.18. The van der Waals surface area contributed by atoms with Crippen LogP contribution < -0.4 is 5.32 Å². The minimum atomic E-state index is 0.808. The van der Waals surface area contributed by atoms with E-state index in [2.05, 4.69) is 20.5 Å². The Kier molecular flexibility index (Phi) is 2.58. The number of aromatic nitrogens is 3. The third kappa shape index (κ3) is 1.93. The highest BCUT2D eigenvalue weighted by atomic mass is 15.2. The molecule has 0 aromatic carbocycles. The fourth-order valence-corrected chi connectivity index (χ4v) is 1.39. The SMILES string of the molecule is CNc1nnc(-c2cccnc2)cc1C. The molecule has 2 aromatic heterocycles. The molecule has 0 aliphatic heterocycles. The second-order valence-electron chi connectivity index (χ2n) is 3.25. The van der Waals surface area contributed by atoms with E-state index in [9.17, 15) is 0 Å². The molecule has 2 heterocycles. The van der Waals surface area contributed by atoms with Gasteiger partial charge in [0, 0.05) is 25.0 Å². The molecule has 15 heavy (non-hydrogen) atoms. The number of hydrogen-bond donors (Lipinski definition) is 1. The van der Waals surface area contributed by atoms with Gasteiger partial charge in [-0.25, -0.2) is 0 Å². The molecule has 2 aromatic rings. The van der Waals surface area contributed by atoms with Gasteiger partial charge in [-0.1, -0.05) is 0 Å². The van der Waals surface area contributed by atoms with E-state index in [1.807, 2.05) is 32.2 Å². The molecule has 0 unspecified atom stereocenters. The van der Waals surface area contributed by atoms with Gasteiger partial charge >= 0.3 is 0 Å². The number of pyridine rings is 1. The van der Waals surface area contributed by atoms with Crippen LogP contribution in [0.5, 0.6) is 0 Å². The van der Waals surface area contributed by atoms with Crippen molar-refractivity contribution in [1.29, 1.82) is 0 Å². The Morgan fingerprint density at radius 3 is 2.73 bits per heavy atom. The maximum Gasteiger partial charge on any atom is 0.151 e. The Labute approximate surface area is 88.4 Å². The van der Waals surface area contributed by atoms with Gasteiger partial charge in [-0.15, -0.1) is 10.2 Å². The topological polar surface area (TPSA) is 50.7 Å². The largest absolute Gasteiger partial charge is 0.371 e. The summed E-state index contributed by atoms with van der Waals surface area (Å²) < 4.78 is 0. The first-order chi connectivity index (χ1) is 7.31. The maximum atomic E-state index is 4.13. The van der Waals surface area contributed by atoms with Crippen LogP contribution in [0.3, 0.4) is 0 Å². The normalized spacial score (nSPS) is 10.0. The van der Waals surface area contributed by atoms with Gasteiger partial charge in [-0.3, -0.25) is 4.98 Å². The van der Waals surface area contributed by atoms with E-state index in [-0.39, 0.29) is 0 Å². The lowest BCUT2D eigenvalue weighted by molar-refractivity contribution is 1.02. The van der Waals surface area contributed by atoms with Crippen LogP contribution in [0.1, 0.15) is 5.56 Å². The summed E-state index contributed by atoms with van der Waals surface area (Å²) in [5.74, 6) is 0.808.